The van der Waals surface area contributed by atoms with Crippen LogP contribution in [0.2, 0.25) is 0 Å². The molecule has 168 valence electrons. The number of hydroxylamine groups is 2. The Kier molecular flexibility index (Phi) is 7.12. The van der Waals surface area contributed by atoms with Gasteiger partial charge in [-0.2, -0.15) is 0 Å². The highest BCUT2D eigenvalue weighted by Gasteiger charge is 2.39. The minimum absolute atomic E-state index is 0.174. The minimum Gasteiger partial charge on any atom is -0.451 e. The lowest BCUT2D eigenvalue weighted by molar-refractivity contribution is -0.219. The molecule has 1 N–H and O–H groups in total. The second-order valence-corrected chi connectivity index (χ2v) is 7.65. The van der Waals surface area contributed by atoms with Crippen LogP contribution < -0.4 is 5.32 Å². The molecule has 2 amide bonds. The molecule has 0 bridgehead atoms. The summed E-state index contributed by atoms with van der Waals surface area (Å²) >= 11 is 0. The fourth-order valence-electron chi connectivity index (χ4n) is 3.53. The second kappa shape index (κ2) is 10.6. The van der Waals surface area contributed by atoms with Crippen molar-refractivity contribution < 1.29 is 24.0 Å². The summed E-state index contributed by atoms with van der Waals surface area (Å²) in [5, 5.41) is 3.75. The summed E-state index contributed by atoms with van der Waals surface area (Å²) in [7, 11) is 0. The van der Waals surface area contributed by atoms with Crippen molar-refractivity contribution in [1.82, 2.24) is 10.4 Å². The molecule has 7 nitrogen and oxygen atoms in total. The molecule has 1 atom stereocenters. The Labute approximate surface area is 191 Å². The van der Waals surface area contributed by atoms with Crippen LogP contribution in [0.25, 0.3) is 0 Å². The molecule has 0 aromatic heterocycles. The molecule has 0 saturated carbocycles. The van der Waals surface area contributed by atoms with Crippen LogP contribution in [0, 0.1) is 0 Å². The van der Waals surface area contributed by atoms with Crippen molar-refractivity contribution >= 4 is 17.8 Å². The number of benzene rings is 3. The Morgan fingerprint density at radius 3 is 1.97 bits per heavy atom. The number of ether oxygens (including phenoxy) is 1. The molecule has 0 unspecified atom stereocenters. The van der Waals surface area contributed by atoms with Crippen LogP contribution in [-0.2, 0) is 30.4 Å². The van der Waals surface area contributed by atoms with Gasteiger partial charge in [-0.3, -0.25) is 14.4 Å². The van der Waals surface area contributed by atoms with E-state index >= 15 is 0 Å². The van der Waals surface area contributed by atoms with Crippen LogP contribution in [0.15, 0.2) is 91.0 Å². The van der Waals surface area contributed by atoms with E-state index in [2.05, 4.69) is 5.32 Å². The summed E-state index contributed by atoms with van der Waals surface area (Å²) in [4.78, 5) is 42.2. The number of amides is 2. The van der Waals surface area contributed by atoms with Gasteiger partial charge in [0.05, 0.1) is 13.0 Å². The third-order valence-corrected chi connectivity index (χ3v) is 5.23. The van der Waals surface area contributed by atoms with Gasteiger partial charge in [0.15, 0.2) is 12.7 Å². The number of carbonyl (C=O) groups is 3. The lowest BCUT2D eigenvalue weighted by Gasteiger charge is -2.36. The number of nitrogens with one attached hydrogen (secondary N) is 1. The average Bonchev–Trinajstić information content (AvgIpc) is 2.85. The van der Waals surface area contributed by atoms with E-state index in [1.54, 1.807) is 0 Å². The lowest BCUT2D eigenvalue weighted by atomic mass is 10.0. The highest BCUT2D eigenvalue weighted by Crippen LogP contribution is 2.26. The highest BCUT2D eigenvalue weighted by atomic mass is 16.7. The first-order chi connectivity index (χ1) is 16.1. The molecule has 4 rings (SSSR count). The Bertz CT molecular complexity index is 1050. The molecule has 1 aliphatic heterocycles. The highest BCUT2D eigenvalue weighted by molar-refractivity contribution is 5.92. The second-order valence-electron chi connectivity index (χ2n) is 7.65. The summed E-state index contributed by atoms with van der Waals surface area (Å²) in [5.74, 6) is -1.24. The number of nitrogens with zero attached hydrogens (tertiary/aromatic N) is 1. The zero-order valence-corrected chi connectivity index (χ0v) is 17.9. The van der Waals surface area contributed by atoms with E-state index in [0.717, 1.165) is 21.8 Å². The molecule has 0 radical (unpaired) electrons. The largest absolute Gasteiger partial charge is 0.451 e. The van der Waals surface area contributed by atoms with Crippen LogP contribution in [-0.4, -0.2) is 42.0 Å². The number of esters is 1. The smallest absolute Gasteiger partial charge is 0.335 e. The Morgan fingerprint density at radius 2 is 1.42 bits per heavy atom. The summed E-state index contributed by atoms with van der Waals surface area (Å²) in [6, 6.07) is 27.4. The van der Waals surface area contributed by atoms with Gasteiger partial charge >= 0.3 is 5.97 Å². The molecule has 3 aromatic rings. The molecular formula is C26H24N2O5. The van der Waals surface area contributed by atoms with Crippen molar-refractivity contribution in [1.29, 1.82) is 0 Å². The van der Waals surface area contributed by atoms with E-state index in [9.17, 15) is 14.4 Å². The quantitative estimate of drug-likeness (QED) is 0.405. The number of carbonyl (C=O) groups excluding carboxylic acids is 3. The minimum atomic E-state index is -0.654. The molecule has 1 aliphatic rings. The van der Waals surface area contributed by atoms with Gasteiger partial charge < -0.3 is 10.1 Å². The summed E-state index contributed by atoms with van der Waals surface area (Å²) in [5.41, 5.74) is 2.53. The number of β-lactam (4-membered cyclic amide) rings is 1. The standard InChI is InChI=1S/C26H24N2O5/c29-23(16-19-10-4-1-5-11-19)27-22-17-28(26(22)31)32-18-24(30)33-25(20-12-6-2-7-13-20)21-14-8-3-9-15-21/h1-15,22,25H,16-18H2,(H,27,29)/t22-/m0/s1. The molecule has 1 fully saturated rings. The van der Waals surface area contributed by atoms with Gasteiger partial charge in [0, 0.05) is 0 Å². The maximum Gasteiger partial charge on any atom is 0.335 e. The van der Waals surface area contributed by atoms with E-state index in [1.807, 2.05) is 91.0 Å². The molecule has 7 heteroatoms. The molecule has 33 heavy (non-hydrogen) atoms. The van der Waals surface area contributed by atoms with Crippen LogP contribution >= 0.6 is 0 Å². The molecular weight excluding hydrogens is 420 g/mol. The van der Waals surface area contributed by atoms with Gasteiger partial charge in [-0.25, -0.2) is 9.86 Å². The fourth-order valence-corrected chi connectivity index (χ4v) is 3.53. The molecule has 1 saturated heterocycles. The first kappa shape index (κ1) is 22.2. The lowest BCUT2D eigenvalue weighted by Crippen LogP contribution is -2.63. The zero-order valence-electron chi connectivity index (χ0n) is 17.9. The van der Waals surface area contributed by atoms with Crippen LogP contribution in [0.1, 0.15) is 22.8 Å². The van der Waals surface area contributed by atoms with Crippen molar-refractivity contribution in [2.45, 2.75) is 18.6 Å². The monoisotopic (exact) mass is 444 g/mol. The molecule has 0 spiro atoms. The summed E-state index contributed by atoms with van der Waals surface area (Å²) in [6.07, 6.45) is -0.390. The van der Waals surface area contributed by atoms with E-state index in [1.165, 1.54) is 0 Å². The third-order valence-electron chi connectivity index (χ3n) is 5.23. The predicted molar refractivity (Wildman–Crippen MR) is 121 cm³/mol. The summed E-state index contributed by atoms with van der Waals surface area (Å²) < 4.78 is 5.66. The van der Waals surface area contributed by atoms with Crippen molar-refractivity contribution in [2.75, 3.05) is 13.2 Å². The molecule has 1 heterocycles. The van der Waals surface area contributed by atoms with Crippen LogP contribution in [0.3, 0.4) is 0 Å². The van der Waals surface area contributed by atoms with Gasteiger partial charge in [-0.1, -0.05) is 91.0 Å². The van der Waals surface area contributed by atoms with Crippen LogP contribution in [0.4, 0.5) is 0 Å². The maximum absolute atomic E-state index is 12.5. The fraction of sp³-hybridized carbons (Fsp3) is 0.192. The van der Waals surface area contributed by atoms with Gasteiger partial charge in [0.1, 0.15) is 6.04 Å². The zero-order chi connectivity index (χ0) is 23.0. The van der Waals surface area contributed by atoms with E-state index in [4.69, 9.17) is 9.57 Å². The van der Waals surface area contributed by atoms with Crippen molar-refractivity contribution in [2.24, 2.45) is 0 Å². The van der Waals surface area contributed by atoms with Gasteiger partial charge in [-0.15, -0.1) is 0 Å². The number of hydrogen-bond acceptors (Lipinski definition) is 5. The van der Waals surface area contributed by atoms with Crippen molar-refractivity contribution in [3.8, 4) is 0 Å². The topological polar surface area (TPSA) is 84.9 Å². The van der Waals surface area contributed by atoms with Crippen LogP contribution in [0.5, 0.6) is 0 Å². The SMILES string of the molecule is O=C(Cc1ccccc1)N[C@H]1CN(OCC(=O)OC(c2ccccc2)c2ccccc2)C1=O. The van der Waals surface area contributed by atoms with E-state index in [-0.39, 0.29) is 18.9 Å². The Balaban J connectivity index is 1.26. The van der Waals surface area contributed by atoms with Crippen molar-refractivity contribution in [3.63, 3.8) is 0 Å². The Hall–Kier alpha value is -3.97. The molecule has 3 aromatic carbocycles. The first-order valence-corrected chi connectivity index (χ1v) is 10.7. The van der Waals surface area contributed by atoms with Crippen molar-refractivity contribution in [3.05, 3.63) is 108 Å². The Morgan fingerprint density at radius 1 is 0.879 bits per heavy atom. The first-order valence-electron chi connectivity index (χ1n) is 10.7. The van der Waals surface area contributed by atoms with Gasteiger partial charge in [-0.05, 0) is 16.7 Å². The van der Waals surface area contributed by atoms with Gasteiger partial charge in [0.2, 0.25) is 5.91 Å². The average molecular weight is 444 g/mol. The third kappa shape index (κ3) is 5.84. The number of rotatable bonds is 9. The van der Waals surface area contributed by atoms with E-state index < -0.39 is 30.6 Å². The number of hydrogen-bond donors (Lipinski definition) is 1. The molecule has 0 aliphatic carbocycles. The van der Waals surface area contributed by atoms with E-state index in [0.29, 0.717) is 0 Å². The summed E-state index contributed by atoms with van der Waals surface area (Å²) in [6.45, 7) is -0.236. The predicted octanol–water partition coefficient (Wildman–Crippen LogP) is 2.82. The normalized spacial score (nSPS) is 15.1. The maximum atomic E-state index is 12.5. The van der Waals surface area contributed by atoms with Gasteiger partial charge in [0.25, 0.3) is 5.91 Å².